The molecule has 0 radical (unpaired) electrons. The normalized spacial score (nSPS) is 10.3. The third kappa shape index (κ3) is 4.79. The van der Waals surface area contributed by atoms with Crippen molar-refractivity contribution in [3.63, 3.8) is 0 Å². The number of hydrogen-bond acceptors (Lipinski definition) is 3. The molecule has 0 bridgehead atoms. The van der Waals surface area contributed by atoms with Crippen molar-refractivity contribution in [3.8, 4) is 6.07 Å². The van der Waals surface area contributed by atoms with Crippen LogP contribution >= 0.6 is 0 Å². The molecule has 3 aromatic carbocycles. The molecule has 3 rings (SSSR count). The molecule has 128 valence electrons. The molecule has 26 heavy (non-hydrogen) atoms. The van der Waals surface area contributed by atoms with Crippen molar-refractivity contribution < 1.29 is 4.79 Å². The van der Waals surface area contributed by atoms with Gasteiger partial charge in [-0.2, -0.15) is 5.26 Å². The molecule has 4 heteroatoms. The van der Waals surface area contributed by atoms with Gasteiger partial charge < -0.3 is 0 Å². The largest absolute Gasteiger partial charge is 0.284 e. The van der Waals surface area contributed by atoms with E-state index in [0.29, 0.717) is 24.2 Å². The van der Waals surface area contributed by atoms with E-state index in [4.69, 9.17) is 5.26 Å². The Hall–Kier alpha value is -3.42. The lowest BCUT2D eigenvalue weighted by atomic mass is 10.1. The molecule has 0 aliphatic carbocycles. The molecule has 0 aromatic heterocycles. The maximum Gasteiger partial charge on any atom is 0.265 e. The van der Waals surface area contributed by atoms with E-state index in [1.807, 2.05) is 65.7 Å². The van der Waals surface area contributed by atoms with Gasteiger partial charge in [0.25, 0.3) is 5.91 Å². The molecular weight excluding hydrogens is 322 g/mol. The van der Waals surface area contributed by atoms with Crippen LogP contribution in [0.3, 0.4) is 0 Å². The standard InChI is InChI=1S/C22H19N3O/c23-15-18-11-13-21(14-12-18)22(26)24-25(16-19-7-3-1-4-8-19)17-20-9-5-2-6-10-20/h1-14H,16-17H2,(H,24,26). The van der Waals surface area contributed by atoms with Gasteiger partial charge in [-0.1, -0.05) is 60.7 Å². The van der Waals surface area contributed by atoms with Crippen LogP contribution in [0.4, 0.5) is 0 Å². The molecule has 4 nitrogen and oxygen atoms in total. The number of nitriles is 1. The van der Waals surface area contributed by atoms with E-state index in [1.165, 1.54) is 0 Å². The monoisotopic (exact) mass is 341 g/mol. The van der Waals surface area contributed by atoms with Crippen LogP contribution in [0.15, 0.2) is 84.9 Å². The van der Waals surface area contributed by atoms with Crippen molar-refractivity contribution in [3.05, 3.63) is 107 Å². The third-order valence-electron chi connectivity index (χ3n) is 3.97. The van der Waals surface area contributed by atoms with Gasteiger partial charge in [0, 0.05) is 18.7 Å². The second-order valence-corrected chi connectivity index (χ2v) is 5.96. The Morgan fingerprint density at radius 1 is 0.808 bits per heavy atom. The molecule has 0 fully saturated rings. The first kappa shape index (κ1) is 17.4. The minimum absolute atomic E-state index is 0.193. The van der Waals surface area contributed by atoms with Gasteiger partial charge in [-0.15, -0.1) is 0 Å². The first-order chi connectivity index (χ1) is 12.7. The van der Waals surface area contributed by atoms with Crippen LogP contribution in [0.25, 0.3) is 0 Å². The summed E-state index contributed by atoms with van der Waals surface area (Å²) in [6.45, 7) is 1.19. The molecule has 1 N–H and O–H groups in total. The first-order valence-corrected chi connectivity index (χ1v) is 8.38. The van der Waals surface area contributed by atoms with Gasteiger partial charge in [-0.25, -0.2) is 5.01 Å². The Bertz CT molecular complexity index is 843. The van der Waals surface area contributed by atoms with E-state index in [0.717, 1.165) is 11.1 Å². The lowest BCUT2D eigenvalue weighted by Gasteiger charge is -2.23. The van der Waals surface area contributed by atoms with E-state index in [2.05, 4.69) is 11.5 Å². The second kappa shape index (κ2) is 8.61. The topological polar surface area (TPSA) is 56.1 Å². The van der Waals surface area contributed by atoms with Gasteiger partial charge in [0.1, 0.15) is 0 Å². The quantitative estimate of drug-likeness (QED) is 0.692. The number of nitrogens with zero attached hydrogens (tertiary/aromatic N) is 2. The van der Waals surface area contributed by atoms with Crippen LogP contribution in [0.2, 0.25) is 0 Å². The van der Waals surface area contributed by atoms with Crippen molar-refractivity contribution in [1.82, 2.24) is 10.4 Å². The van der Waals surface area contributed by atoms with Gasteiger partial charge in [0.2, 0.25) is 0 Å². The van der Waals surface area contributed by atoms with Crippen molar-refractivity contribution in [2.45, 2.75) is 13.1 Å². The number of hydrazine groups is 1. The van der Waals surface area contributed by atoms with E-state index in [1.54, 1.807) is 24.3 Å². The maximum absolute atomic E-state index is 12.6. The molecule has 0 unspecified atom stereocenters. The zero-order chi connectivity index (χ0) is 18.2. The predicted octanol–water partition coefficient (Wildman–Crippen LogP) is 3.91. The summed E-state index contributed by atoms with van der Waals surface area (Å²) in [6.07, 6.45) is 0. The van der Waals surface area contributed by atoms with E-state index in [-0.39, 0.29) is 5.91 Å². The summed E-state index contributed by atoms with van der Waals surface area (Å²) in [7, 11) is 0. The van der Waals surface area contributed by atoms with Crippen LogP contribution in [-0.2, 0) is 13.1 Å². The van der Waals surface area contributed by atoms with E-state index < -0.39 is 0 Å². The number of hydrogen-bond donors (Lipinski definition) is 1. The number of rotatable bonds is 6. The fourth-order valence-corrected chi connectivity index (χ4v) is 2.65. The minimum atomic E-state index is -0.193. The fourth-order valence-electron chi connectivity index (χ4n) is 2.65. The first-order valence-electron chi connectivity index (χ1n) is 8.38. The van der Waals surface area contributed by atoms with E-state index in [9.17, 15) is 4.79 Å². The third-order valence-corrected chi connectivity index (χ3v) is 3.97. The number of nitrogens with one attached hydrogen (secondary N) is 1. The molecule has 0 saturated carbocycles. The summed E-state index contributed by atoms with van der Waals surface area (Å²) in [6, 6.07) is 28.7. The van der Waals surface area contributed by atoms with Gasteiger partial charge in [0.15, 0.2) is 0 Å². The molecule has 0 saturated heterocycles. The van der Waals surface area contributed by atoms with Crippen LogP contribution in [0, 0.1) is 11.3 Å². The molecule has 0 aliphatic rings. The highest BCUT2D eigenvalue weighted by Crippen LogP contribution is 2.10. The van der Waals surface area contributed by atoms with Crippen LogP contribution < -0.4 is 5.43 Å². The summed E-state index contributed by atoms with van der Waals surface area (Å²) in [4.78, 5) is 12.6. The molecule has 1 amide bonds. The molecule has 0 atom stereocenters. The summed E-state index contributed by atoms with van der Waals surface area (Å²) in [5.74, 6) is -0.193. The zero-order valence-corrected chi connectivity index (χ0v) is 14.3. The maximum atomic E-state index is 12.6. The summed E-state index contributed by atoms with van der Waals surface area (Å²) in [5, 5.41) is 10.8. The van der Waals surface area contributed by atoms with E-state index >= 15 is 0 Å². The summed E-state index contributed by atoms with van der Waals surface area (Å²) in [5.41, 5.74) is 6.27. The number of benzene rings is 3. The Kier molecular flexibility index (Phi) is 5.76. The van der Waals surface area contributed by atoms with Crippen LogP contribution in [0.5, 0.6) is 0 Å². The lowest BCUT2D eigenvalue weighted by molar-refractivity contribution is 0.0759. The number of amides is 1. The van der Waals surface area contributed by atoms with Gasteiger partial charge >= 0.3 is 0 Å². The average Bonchev–Trinajstić information content (AvgIpc) is 2.69. The van der Waals surface area contributed by atoms with Crippen molar-refractivity contribution in [1.29, 1.82) is 5.26 Å². The molecule has 0 aliphatic heterocycles. The minimum Gasteiger partial charge on any atom is -0.284 e. The smallest absolute Gasteiger partial charge is 0.265 e. The lowest BCUT2D eigenvalue weighted by Crippen LogP contribution is -2.41. The van der Waals surface area contributed by atoms with Crippen molar-refractivity contribution in [2.24, 2.45) is 0 Å². The number of carbonyl (C=O) groups excluding carboxylic acids is 1. The van der Waals surface area contributed by atoms with Crippen LogP contribution in [-0.4, -0.2) is 10.9 Å². The highest BCUT2D eigenvalue weighted by atomic mass is 16.2. The Morgan fingerprint density at radius 3 is 1.77 bits per heavy atom. The second-order valence-electron chi connectivity index (χ2n) is 5.96. The average molecular weight is 341 g/mol. The molecule has 3 aromatic rings. The van der Waals surface area contributed by atoms with Crippen molar-refractivity contribution in [2.75, 3.05) is 0 Å². The van der Waals surface area contributed by atoms with Gasteiger partial charge in [-0.05, 0) is 35.4 Å². The van der Waals surface area contributed by atoms with Gasteiger partial charge in [-0.3, -0.25) is 10.2 Å². The SMILES string of the molecule is N#Cc1ccc(C(=O)NN(Cc2ccccc2)Cc2ccccc2)cc1. The Labute approximate surface area is 153 Å². The predicted molar refractivity (Wildman–Crippen MR) is 101 cm³/mol. The Morgan fingerprint density at radius 2 is 1.31 bits per heavy atom. The highest BCUT2D eigenvalue weighted by molar-refractivity contribution is 5.93. The fraction of sp³-hybridized carbons (Fsp3) is 0.0909. The number of carbonyl (C=O) groups is 1. The molecule has 0 spiro atoms. The summed E-state index contributed by atoms with van der Waals surface area (Å²) < 4.78 is 0. The molecular formula is C22H19N3O. The Balaban J connectivity index is 1.75. The zero-order valence-electron chi connectivity index (χ0n) is 14.3. The van der Waals surface area contributed by atoms with Crippen molar-refractivity contribution >= 4 is 5.91 Å². The van der Waals surface area contributed by atoms with Crippen LogP contribution in [0.1, 0.15) is 27.0 Å². The van der Waals surface area contributed by atoms with Gasteiger partial charge in [0.05, 0.1) is 11.6 Å². The molecule has 0 heterocycles. The highest BCUT2D eigenvalue weighted by Gasteiger charge is 2.12. The summed E-state index contributed by atoms with van der Waals surface area (Å²) >= 11 is 0.